The predicted octanol–water partition coefficient (Wildman–Crippen LogP) is 3.51. The second-order valence-corrected chi connectivity index (χ2v) is 6.96. The molecule has 1 aromatic carbocycles. The van der Waals surface area contributed by atoms with Crippen LogP contribution in [-0.4, -0.2) is 30.9 Å². The summed E-state index contributed by atoms with van der Waals surface area (Å²) >= 11 is 1.41. The van der Waals surface area contributed by atoms with Crippen molar-refractivity contribution in [2.45, 2.75) is 24.4 Å². The van der Waals surface area contributed by atoms with Crippen molar-refractivity contribution in [3.63, 3.8) is 0 Å². The fourth-order valence-electron chi connectivity index (χ4n) is 2.77. The number of nitrogen functional groups attached to an aromatic ring is 1. The van der Waals surface area contributed by atoms with Gasteiger partial charge in [-0.25, -0.2) is 9.66 Å². The highest BCUT2D eigenvalue weighted by Gasteiger charge is 2.14. The topological polar surface area (TPSA) is 83.3 Å². The number of hydrogen-bond acceptors (Lipinski definition) is 6. The molecule has 0 spiro atoms. The molecule has 0 fully saturated rings. The number of aryl methyl sites for hydroxylation is 1. The van der Waals surface area contributed by atoms with Crippen LogP contribution >= 0.6 is 11.8 Å². The second-order valence-electron chi connectivity index (χ2n) is 6.02. The van der Waals surface area contributed by atoms with E-state index in [1.807, 2.05) is 35.9 Å². The van der Waals surface area contributed by atoms with Crippen molar-refractivity contribution >= 4 is 17.4 Å². The summed E-state index contributed by atoms with van der Waals surface area (Å²) < 4.78 is 32.2. The van der Waals surface area contributed by atoms with Gasteiger partial charge >= 0.3 is 6.61 Å². The van der Waals surface area contributed by atoms with Crippen molar-refractivity contribution in [2.24, 2.45) is 0 Å². The van der Waals surface area contributed by atoms with Gasteiger partial charge in [0, 0.05) is 23.7 Å². The molecule has 0 aliphatic heterocycles. The second kappa shape index (κ2) is 7.47. The summed E-state index contributed by atoms with van der Waals surface area (Å²) in [4.78, 5) is 4.62. The van der Waals surface area contributed by atoms with E-state index >= 15 is 0 Å². The summed E-state index contributed by atoms with van der Waals surface area (Å²) in [6.45, 7) is -0.852. The molecule has 0 saturated heterocycles. The Kier molecular flexibility index (Phi) is 4.86. The lowest BCUT2D eigenvalue weighted by Gasteiger charge is -2.06. The van der Waals surface area contributed by atoms with E-state index in [1.165, 1.54) is 28.6 Å². The number of nitrogens with two attached hydrogens (primary N) is 1. The molecule has 0 aliphatic carbocycles. The first kappa shape index (κ1) is 18.2. The highest BCUT2D eigenvalue weighted by molar-refractivity contribution is 7.98. The van der Waals surface area contributed by atoms with E-state index in [2.05, 4.69) is 19.9 Å². The molecule has 3 heterocycles. The number of imidazole rings is 1. The minimum absolute atomic E-state index is 0.0681. The lowest BCUT2D eigenvalue weighted by Crippen LogP contribution is -2.11. The van der Waals surface area contributed by atoms with Crippen LogP contribution in [0.1, 0.15) is 11.3 Å². The van der Waals surface area contributed by atoms with Crippen molar-refractivity contribution in [1.29, 1.82) is 0 Å². The van der Waals surface area contributed by atoms with E-state index in [0.717, 1.165) is 16.9 Å². The van der Waals surface area contributed by atoms with Crippen molar-refractivity contribution < 1.29 is 13.5 Å². The Labute approximate surface area is 163 Å². The largest absolute Gasteiger partial charge is 0.435 e. The molecule has 3 aromatic heterocycles. The number of fused-ring (bicyclic) bond motifs is 1. The first-order valence-corrected chi connectivity index (χ1v) is 9.31. The number of hydrogen-bond donors (Lipinski definition) is 1. The van der Waals surface area contributed by atoms with Gasteiger partial charge in [-0.05, 0) is 42.8 Å². The molecule has 0 radical (unpaired) electrons. The standard InChI is InChI=1S/C18H16F2N6OS/c1-11-3-2-8-25-9-13(22-15(11)25)10-28-18-24-23-16(26(18)21)12-4-6-14(7-5-12)27-17(19)20/h2-9,17H,10,21H2,1H3. The average Bonchev–Trinajstić information content (AvgIpc) is 3.24. The third-order valence-corrected chi connectivity index (χ3v) is 5.06. The zero-order valence-electron chi connectivity index (χ0n) is 14.8. The molecule has 4 rings (SSSR count). The Morgan fingerprint density at radius 3 is 2.68 bits per heavy atom. The number of rotatable bonds is 6. The number of pyridine rings is 1. The number of benzene rings is 1. The lowest BCUT2D eigenvalue weighted by atomic mass is 10.2. The molecule has 0 unspecified atom stereocenters. The summed E-state index contributed by atoms with van der Waals surface area (Å²) in [6, 6.07) is 10.1. The van der Waals surface area contributed by atoms with Gasteiger partial charge in [-0.3, -0.25) is 0 Å². The van der Waals surface area contributed by atoms with Crippen LogP contribution in [0, 0.1) is 6.92 Å². The smallest absolute Gasteiger partial charge is 0.387 e. The van der Waals surface area contributed by atoms with Gasteiger partial charge in [0.05, 0.1) is 5.69 Å². The van der Waals surface area contributed by atoms with E-state index in [0.29, 0.717) is 22.3 Å². The van der Waals surface area contributed by atoms with Gasteiger partial charge in [-0.1, -0.05) is 17.8 Å². The average molecular weight is 402 g/mol. The predicted molar refractivity (Wildman–Crippen MR) is 102 cm³/mol. The molecule has 144 valence electrons. The van der Waals surface area contributed by atoms with Crippen LogP contribution in [-0.2, 0) is 5.75 Å². The number of alkyl halides is 2. The summed E-state index contributed by atoms with van der Waals surface area (Å²) in [6.07, 6.45) is 3.92. The fourth-order valence-corrected chi connectivity index (χ4v) is 3.51. The first-order valence-electron chi connectivity index (χ1n) is 8.33. The summed E-state index contributed by atoms with van der Waals surface area (Å²) in [5.74, 6) is 7.19. The highest BCUT2D eigenvalue weighted by Crippen LogP contribution is 2.26. The van der Waals surface area contributed by atoms with Gasteiger partial charge in [-0.2, -0.15) is 8.78 Å². The van der Waals surface area contributed by atoms with Crippen molar-refractivity contribution in [2.75, 3.05) is 5.84 Å². The van der Waals surface area contributed by atoms with Crippen molar-refractivity contribution in [3.8, 4) is 17.1 Å². The normalized spacial score (nSPS) is 11.4. The van der Waals surface area contributed by atoms with Crippen LogP contribution in [0.2, 0.25) is 0 Å². The molecule has 0 bridgehead atoms. The molecule has 0 saturated carbocycles. The molecule has 0 atom stereocenters. The van der Waals surface area contributed by atoms with E-state index < -0.39 is 6.61 Å². The summed E-state index contributed by atoms with van der Waals surface area (Å²) in [7, 11) is 0. The molecule has 0 amide bonds. The zero-order chi connectivity index (χ0) is 19.7. The number of halogens is 2. The third-order valence-electron chi connectivity index (χ3n) is 4.08. The van der Waals surface area contributed by atoms with Crippen molar-refractivity contribution in [1.82, 2.24) is 24.3 Å². The van der Waals surface area contributed by atoms with Gasteiger partial charge < -0.3 is 15.0 Å². The molecule has 2 N–H and O–H groups in total. The van der Waals surface area contributed by atoms with E-state index in [1.54, 1.807) is 12.1 Å². The maximum Gasteiger partial charge on any atom is 0.387 e. The minimum atomic E-state index is -2.87. The SMILES string of the molecule is Cc1cccn2cc(CSc3nnc(-c4ccc(OC(F)F)cc4)n3N)nc12. The molecule has 0 aliphatic rings. The van der Waals surface area contributed by atoms with Crippen molar-refractivity contribution in [3.05, 3.63) is 60.0 Å². The Balaban J connectivity index is 1.49. The van der Waals surface area contributed by atoms with Crippen LogP contribution in [0.15, 0.2) is 53.9 Å². The Hall–Kier alpha value is -3.14. The molecule has 4 aromatic rings. The number of nitrogens with zero attached hydrogens (tertiary/aromatic N) is 5. The minimum Gasteiger partial charge on any atom is -0.435 e. The third kappa shape index (κ3) is 3.63. The molecule has 10 heteroatoms. The summed E-state index contributed by atoms with van der Waals surface area (Å²) in [5.41, 5.74) is 3.56. The molecular weight excluding hydrogens is 386 g/mol. The van der Waals surface area contributed by atoms with Crippen LogP contribution in [0.3, 0.4) is 0 Å². The number of ether oxygens (including phenoxy) is 1. The molecule has 7 nitrogen and oxygen atoms in total. The number of thioether (sulfide) groups is 1. The Morgan fingerprint density at radius 1 is 1.18 bits per heavy atom. The van der Waals surface area contributed by atoms with Crippen LogP contribution in [0.25, 0.3) is 17.0 Å². The van der Waals surface area contributed by atoms with Gasteiger partial charge in [0.15, 0.2) is 5.82 Å². The monoisotopic (exact) mass is 402 g/mol. The fraction of sp³-hybridized carbons (Fsp3) is 0.167. The quantitative estimate of drug-likeness (QED) is 0.393. The van der Waals surface area contributed by atoms with Crippen LogP contribution in [0.4, 0.5) is 8.78 Å². The lowest BCUT2D eigenvalue weighted by molar-refractivity contribution is -0.0498. The Bertz CT molecular complexity index is 1110. The first-order chi connectivity index (χ1) is 13.5. The Morgan fingerprint density at radius 2 is 1.96 bits per heavy atom. The molecular formula is C18H16F2N6OS. The van der Waals surface area contributed by atoms with Gasteiger partial charge in [-0.15, -0.1) is 10.2 Å². The van der Waals surface area contributed by atoms with Gasteiger partial charge in [0.25, 0.3) is 0 Å². The number of aromatic nitrogens is 5. The summed E-state index contributed by atoms with van der Waals surface area (Å²) in [5, 5.41) is 8.74. The van der Waals surface area contributed by atoms with Crippen LogP contribution in [0.5, 0.6) is 5.75 Å². The van der Waals surface area contributed by atoms with Gasteiger partial charge in [0.2, 0.25) is 5.16 Å². The maximum atomic E-state index is 12.2. The van der Waals surface area contributed by atoms with Crippen LogP contribution < -0.4 is 10.6 Å². The maximum absolute atomic E-state index is 12.2. The van der Waals surface area contributed by atoms with E-state index in [9.17, 15) is 8.78 Å². The van der Waals surface area contributed by atoms with E-state index in [-0.39, 0.29) is 5.75 Å². The molecule has 28 heavy (non-hydrogen) atoms. The van der Waals surface area contributed by atoms with E-state index in [4.69, 9.17) is 5.84 Å². The van der Waals surface area contributed by atoms with Gasteiger partial charge in [0.1, 0.15) is 11.4 Å². The zero-order valence-corrected chi connectivity index (χ0v) is 15.6. The highest BCUT2D eigenvalue weighted by atomic mass is 32.2.